The van der Waals surface area contributed by atoms with Crippen LogP contribution in [0.15, 0.2) is 54.8 Å². The van der Waals surface area contributed by atoms with Gasteiger partial charge in [0, 0.05) is 11.8 Å². The van der Waals surface area contributed by atoms with E-state index in [-0.39, 0.29) is 23.5 Å². The van der Waals surface area contributed by atoms with Crippen LogP contribution in [-0.2, 0) is 4.79 Å². The first-order valence-corrected chi connectivity index (χ1v) is 11.2. The highest BCUT2D eigenvalue weighted by molar-refractivity contribution is 9.10. The number of halogens is 1. The quantitative estimate of drug-likeness (QED) is 0.585. The van der Waals surface area contributed by atoms with Gasteiger partial charge in [0.05, 0.1) is 10.8 Å². The van der Waals surface area contributed by atoms with Crippen LogP contribution in [0.2, 0.25) is 0 Å². The van der Waals surface area contributed by atoms with E-state index in [0.29, 0.717) is 16.2 Å². The number of nitrogens with one attached hydrogen (secondary N) is 1. The number of fused-ring (bicyclic) bond motifs is 1. The number of hydrogen-bond donors (Lipinski definition) is 1. The zero-order valence-corrected chi connectivity index (χ0v) is 18.1. The van der Waals surface area contributed by atoms with Gasteiger partial charge in [0.15, 0.2) is 10.4 Å². The number of anilines is 1. The second kappa shape index (κ2) is 7.77. The van der Waals surface area contributed by atoms with Gasteiger partial charge in [-0.15, -0.1) is 11.3 Å². The van der Waals surface area contributed by atoms with Crippen molar-refractivity contribution in [3.63, 3.8) is 0 Å². The maximum absolute atomic E-state index is 12.6. The van der Waals surface area contributed by atoms with E-state index in [1.165, 1.54) is 16.0 Å². The monoisotopic (exact) mass is 485 g/mol. The molecule has 0 saturated heterocycles. The van der Waals surface area contributed by atoms with Gasteiger partial charge in [0.1, 0.15) is 11.5 Å². The molecule has 4 heterocycles. The summed E-state index contributed by atoms with van der Waals surface area (Å²) in [5.41, 5.74) is 1.50. The Hall–Kier alpha value is -2.85. The Morgan fingerprint density at radius 3 is 2.93 bits per heavy atom. The molecule has 0 bridgehead atoms. The third kappa shape index (κ3) is 3.56. The number of aliphatic imine (C=N–C) groups is 2. The first-order valence-electron chi connectivity index (χ1n) is 9.49. The lowest BCUT2D eigenvalue weighted by Gasteiger charge is -2.24. The largest absolute Gasteiger partial charge is 0.444 e. The minimum absolute atomic E-state index is 0.146. The SMILES string of the molecule is O=C(Nc1cc(-c2cccs2)nn1C1=NC(=O)C2CCCCC2=N1)c1ccc(Br)o1. The Kier molecular flexibility index (Phi) is 4.95. The normalized spacial score (nSPS) is 18.6. The van der Waals surface area contributed by atoms with Gasteiger partial charge in [-0.2, -0.15) is 14.8 Å². The van der Waals surface area contributed by atoms with E-state index in [9.17, 15) is 9.59 Å². The van der Waals surface area contributed by atoms with Crippen LogP contribution in [0.1, 0.15) is 36.2 Å². The Bertz CT molecular complexity index is 1190. The topological polar surface area (TPSA) is 102 Å². The molecule has 3 aromatic rings. The average Bonchev–Trinajstić information content (AvgIpc) is 3.48. The molecule has 3 aromatic heterocycles. The molecular formula is C20H16BrN5O3S. The van der Waals surface area contributed by atoms with Crippen molar-refractivity contribution in [2.24, 2.45) is 15.9 Å². The Labute approximate surface area is 183 Å². The summed E-state index contributed by atoms with van der Waals surface area (Å²) in [6.45, 7) is 0. The molecule has 2 amide bonds. The van der Waals surface area contributed by atoms with Gasteiger partial charge >= 0.3 is 0 Å². The standard InChI is InChI=1S/C20H16BrN5O3S/c21-16-8-7-14(29-16)19(28)23-17-10-13(15-6-3-9-30-15)25-26(17)20-22-12-5-2-1-4-11(12)18(27)24-20/h3,6-11H,1-2,4-5H2,(H,23,28). The lowest BCUT2D eigenvalue weighted by Crippen LogP contribution is -2.33. The Balaban J connectivity index is 1.54. The molecule has 0 radical (unpaired) electrons. The minimum Gasteiger partial charge on any atom is -0.444 e. The second-order valence-electron chi connectivity index (χ2n) is 7.01. The molecule has 8 nitrogen and oxygen atoms in total. The van der Waals surface area contributed by atoms with E-state index in [0.717, 1.165) is 36.3 Å². The number of amides is 2. The van der Waals surface area contributed by atoms with Crippen molar-refractivity contribution < 1.29 is 14.0 Å². The number of carbonyl (C=O) groups excluding carboxylic acids is 2. The third-order valence-corrected chi connectivity index (χ3v) is 6.36. The number of aromatic nitrogens is 2. The predicted octanol–water partition coefficient (Wildman–Crippen LogP) is 4.59. The van der Waals surface area contributed by atoms with Crippen LogP contribution in [0.25, 0.3) is 10.6 Å². The third-order valence-electron chi connectivity index (χ3n) is 5.04. The van der Waals surface area contributed by atoms with Crippen LogP contribution in [0.4, 0.5) is 5.82 Å². The van der Waals surface area contributed by atoms with Crippen molar-refractivity contribution in [1.29, 1.82) is 0 Å². The van der Waals surface area contributed by atoms with Crippen molar-refractivity contribution in [3.8, 4) is 10.6 Å². The van der Waals surface area contributed by atoms with Crippen molar-refractivity contribution in [3.05, 3.63) is 46.1 Å². The van der Waals surface area contributed by atoms with E-state index in [2.05, 4.69) is 36.3 Å². The van der Waals surface area contributed by atoms with Crippen molar-refractivity contribution >= 4 is 56.6 Å². The fourth-order valence-corrected chi connectivity index (χ4v) is 4.59. The Morgan fingerprint density at radius 2 is 2.17 bits per heavy atom. The van der Waals surface area contributed by atoms with Gasteiger partial charge in [0.25, 0.3) is 17.8 Å². The molecule has 0 aromatic carbocycles. The molecule has 1 saturated carbocycles. The lowest BCUT2D eigenvalue weighted by molar-refractivity contribution is -0.120. The van der Waals surface area contributed by atoms with Crippen LogP contribution >= 0.6 is 27.3 Å². The van der Waals surface area contributed by atoms with Crippen LogP contribution in [-0.4, -0.2) is 33.3 Å². The van der Waals surface area contributed by atoms with Crippen LogP contribution in [0.3, 0.4) is 0 Å². The summed E-state index contributed by atoms with van der Waals surface area (Å²) < 4.78 is 7.21. The zero-order valence-electron chi connectivity index (χ0n) is 15.7. The molecule has 1 unspecified atom stereocenters. The number of nitrogens with zero attached hydrogens (tertiary/aromatic N) is 4. The van der Waals surface area contributed by atoms with Crippen LogP contribution in [0.5, 0.6) is 0 Å². The van der Waals surface area contributed by atoms with E-state index >= 15 is 0 Å². The molecule has 152 valence electrons. The second-order valence-corrected chi connectivity index (χ2v) is 8.74. The molecule has 1 N–H and O–H groups in total. The number of thiophene rings is 1. The summed E-state index contributed by atoms with van der Waals surface area (Å²) in [4.78, 5) is 35.0. The molecule has 5 rings (SSSR count). The van der Waals surface area contributed by atoms with E-state index in [4.69, 9.17) is 4.42 Å². The van der Waals surface area contributed by atoms with Crippen LogP contribution < -0.4 is 5.32 Å². The first-order chi connectivity index (χ1) is 14.6. The number of carbonyl (C=O) groups is 2. The molecule has 30 heavy (non-hydrogen) atoms. The summed E-state index contributed by atoms with van der Waals surface area (Å²) in [6.07, 6.45) is 3.57. The molecule has 1 fully saturated rings. The van der Waals surface area contributed by atoms with Gasteiger partial charge in [-0.1, -0.05) is 12.5 Å². The highest BCUT2D eigenvalue weighted by Crippen LogP contribution is 2.29. The predicted molar refractivity (Wildman–Crippen MR) is 117 cm³/mol. The molecular weight excluding hydrogens is 470 g/mol. The van der Waals surface area contributed by atoms with Crippen molar-refractivity contribution in [1.82, 2.24) is 9.78 Å². The molecule has 1 aliphatic heterocycles. The van der Waals surface area contributed by atoms with Gasteiger partial charge < -0.3 is 9.73 Å². The maximum atomic E-state index is 12.6. The summed E-state index contributed by atoms with van der Waals surface area (Å²) in [6, 6.07) is 8.80. The van der Waals surface area contributed by atoms with Gasteiger partial charge in [-0.25, -0.2) is 4.99 Å². The van der Waals surface area contributed by atoms with Gasteiger partial charge in [0.2, 0.25) is 0 Å². The molecule has 1 aliphatic carbocycles. The summed E-state index contributed by atoms with van der Waals surface area (Å²) in [5.74, 6) is -0.186. The van der Waals surface area contributed by atoms with Gasteiger partial charge in [-0.3, -0.25) is 9.59 Å². The average molecular weight is 486 g/mol. The van der Waals surface area contributed by atoms with Gasteiger partial charge in [-0.05, 0) is 58.8 Å². The van der Waals surface area contributed by atoms with E-state index < -0.39 is 5.91 Å². The van der Waals surface area contributed by atoms with E-state index in [1.54, 1.807) is 18.2 Å². The molecule has 10 heteroatoms. The van der Waals surface area contributed by atoms with Crippen molar-refractivity contribution in [2.75, 3.05) is 5.32 Å². The fraction of sp³-hybridized carbons (Fsp3) is 0.250. The number of furan rings is 1. The summed E-state index contributed by atoms with van der Waals surface area (Å²) in [7, 11) is 0. The highest BCUT2D eigenvalue weighted by Gasteiger charge is 2.32. The fourth-order valence-electron chi connectivity index (χ4n) is 3.60. The zero-order chi connectivity index (χ0) is 20.7. The maximum Gasteiger partial charge on any atom is 0.292 e. The first kappa shape index (κ1) is 19.1. The lowest BCUT2D eigenvalue weighted by atomic mass is 9.86. The van der Waals surface area contributed by atoms with E-state index in [1.807, 2.05) is 17.5 Å². The minimum atomic E-state index is -0.439. The smallest absolute Gasteiger partial charge is 0.292 e. The molecule has 0 spiro atoms. The number of hydrogen-bond acceptors (Lipinski definition) is 6. The number of rotatable bonds is 3. The molecule has 2 aliphatic rings. The summed E-state index contributed by atoms with van der Waals surface area (Å²) >= 11 is 4.72. The summed E-state index contributed by atoms with van der Waals surface area (Å²) in [5, 5.41) is 9.33. The highest BCUT2D eigenvalue weighted by atomic mass is 79.9. The molecule has 1 atom stereocenters. The van der Waals surface area contributed by atoms with Crippen molar-refractivity contribution in [2.45, 2.75) is 25.7 Å². The van der Waals surface area contributed by atoms with Crippen LogP contribution in [0, 0.1) is 5.92 Å². The Morgan fingerprint density at radius 1 is 1.27 bits per heavy atom.